The van der Waals surface area contributed by atoms with Crippen molar-refractivity contribution in [3.05, 3.63) is 61.5 Å². The van der Waals surface area contributed by atoms with Crippen molar-refractivity contribution in [3.63, 3.8) is 0 Å². The molecule has 0 aromatic heterocycles. The number of ketones is 1. The molecule has 0 aliphatic heterocycles. The number of aliphatic carboxylic acids is 1. The molecule has 2 aromatic rings. The number of Topliss-reactive ketones (excluding diaryl/α,β-unsaturated/α-hetero) is 1. The highest BCUT2D eigenvalue weighted by Gasteiger charge is 2.37. The molecule has 0 unspecified atom stereocenters. The molecule has 2 aromatic carbocycles. The lowest BCUT2D eigenvalue weighted by Crippen LogP contribution is -2.34. The number of hydrogen-bond acceptors (Lipinski definition) is 3. The van der Waals surface area contributed by atoms with Gasteiger partial charge in [-0.25, -0.2) is 0 Å². The number of fused-ring (bicyclic) bond motifs is 1. The first kappa shape index (κ1) is 24.0. The maximum Gasteiger partial charge on any atom is 0.303 e. The Bertz CT molecular complexity index is 1000. The first-order valence-electron chi connectivity index (χ1n) is 10.4. The van der Waals surface area contributed by atoms with E-state index in [0.717, 1.165) is 18.4 Å². The van der Waals surface area contributed by atoms with Crippen LogP contribution in [-0.4, -0.2) is 23.5 Å². The Morgan fingerprint density at radius 2 is 1.55 bits per heavy atom. The quantitative estimate of drug-likeness (QED) is 0.382. The lowest BCUT2D eigenvalue weighted by Gasteiger charge is -2.42. The molecule has 6 heteroatoms. The van der Waals surface area contributed by atoms with Crippen LogP contribution in [0, 0.1) is 0 Å². The van der Waals surface area contributed by atoms with E-state index in [0.29, 0.717) is 26.7 Å². The molecule has 0 amide bonds. The van der Waals surface area contributed by atoms with E-state index in [1.807, 2.05) is 24.3 Å². The molecule has 0 heterocycles. The van der Waals surface area contributed by atoms with Crippen molar-refractivity contribution in [2.45, 2.75) is 64.2 Å². The molecule has 1 aliphatic rings. The van der Waals surface area contributed by atoms with Crippen molar-refractivity contribution in [3.8, 4) is 5.75 Å². The minimum Gasteiger partial charge on any atom is -0.483 e. The Morgan fingerprint density at radius 3 is 2.13 bits per heavy atom. The maximum atomic E-state index is 12.9. The summed E-state index contributed by atoms with van der Waals surface area (Å²) in [5.41, 5.74) is 4.26. The Morgan fingerprint density at radius 1 is 0.968 bits per heavy atom. The largest absolute Gasteiger partial charge is 0.483 e. The van der Waals surface area contributed by atoms with E-state index in [9.17, 15) is 9.59 Å². The summed E-state index contributed by atoms with van der Waals surface area (Å²) in [7, 11) is 0. The van der Waals surface area contributed by atoms with Crippen molar-refractivity contribution < 1.29 is 19.4 Å². The number of ether oxygens (including phenoxy) is 1. The van der Waals surface area contributed by atoms with Crippen LogP contribution in [0.3, 0.4) is 0 Å². The van der Waals surface area contributed by atoms with E-state index in [-0.39, 0.29) is 29.6 Å². The summed E-state index contributed by atoms with van der Waals surface area (Å²) in [5.74, 6) is -0.377. The number of halogens is 2. The number of rotatable bonds is 7. The molecule has 0 bridgehead atoms. The number of carbonyl (C=O) groups is 2. The Labute approximate surface area is 200 Å². The smallest absolute Gasteiger partial charge is 0.303 e. The predicted octanol–water partition coefficient (Wildman–Crippen LogP) is 6.84. The van der Waals surface area contributed by atoms with Crippen molar-refractivity contribution in [2.75, 3.05) is 6.61 Å². The zero-order chi connectivity index (χ0) is 23.0. The highest BCUT2D eigenvalue weighted by Crippen LogP contribution is 2.46. The molecule has 1 aliphatic carbocycles. The number of carboxylic acid groups (broad SMARTS) is 1. The van der Waals surface area contributed by atoms with Crippen LogP contribution in [0.15, 0.2) is 39.3 Å². The topological polar surface area (TPSA) is 63.6 Å². The molecule has 4 nitrogen and oxygen atoms in total. The van der Waals surface area contributed by atoms with Crippen molar-refractivity contribution in [1.82, 2.24) is 0 Å². The second kappa shape index (κ2) is 9.07. The van der Waals surface area contributed by atoms with E-state index in [1.54, 1.807) is 0 Å². The zero-order valence-corrected chi connectivity index (χ0v) is 21.5. The minimum atomic E-state index is -0.838. The van der Waals surface area contributed by atoms with Crippen LogP contribution in [0.4, 0.5) is 0 Å². The van der Waals surface area contributed by atoms with Gasteiger partial charge in [0.05, 0.1) is 8.95 Å². The van der Waals surface area contributed by atoms with Gasteiger partial charge in [0.25, 0.3) is 0 Å². The summed E-state index contributed by atoms with van der Waals surface area (Å²) >= 11 is 6.95. The molecule has 0 atom stereocenters. The van der Waals surface area contributed by atoms with E-state index < -0.39 is 5.97 Å². The minimum absolute atomic E-state index is 0.0415. The normalized spacial score (nSPS) is 16.5. The van der Waals surface area contributed by atoms with Crippen LogP contribution in [-0.2, 0) is 22.0 Å². The van der Waals surface area contributed by atoms with Gasteiger partial charge in [0, 0.05) is 12.0 Å². The zero-order valence-electron chi connectivity index (χ0n) is 18.4. The summed E-state index contributed by atoms with van der Waals surface area (Å²) < 4.78 is 7.21. The van der Waals surface area contributed by atoms with Crippen molar-refractivity contribution >= 4 is 43.6 Å². The third-order valence-electron chi connectivity index (χ3n) is 6.21. The fraction of sp³-hybridized carbons (Fsp3) is 0.440. The fourth-order valence-electron chi connectivity index (χ4n) is 4.13. The maximum absolute atomic E-state index is 12.9. The summed E-state index contributed by atoms with van der Waals surface area (Å²) in [6.07, 6.45) is 2.71. The van der Waals surface area contributed by atoms with Gasteiger partial charge in [0.2, 0.25) is 0 Å². The standard InChI is InChI=1S/C25H28Br2O4/c1-24(2)9-10-25(3,4)18-13-16(6-7-17(18)24)21(28)14-31-23-19(26)11-15(12-20(23)27)5-8-22(29)30/h6-7,11-13H,5,8-10,14H2,1-4H3,(H,29,30). The molecule has 0 spiro atoms. The Balaban J connectivity index is 1.77. The van der Waals surface area contributed by atoms with Gasteiger partial charge < -0.3 is 9.84 Å². The summed E-state index contributed by atoms with van der Waals surface area (Å²) in [6.45, 7) is 8.94. The summed E-state index contributed by atoms with van der Waals surface area (Å²) in [6, 6.07) is 9.72. The first-order chi connectivity index (χ1) is 14.4. The van der Waals surface area contributed by atoms with E-state index in [2.05, 4.69) is 65.6 Å². The third kappa shape index (κ3) is 5.40. The van der Waals surface area contributed by atoms with Gasteiger partial charge in [-0.1, -0.05) is 39.8 Å². The predicted molar refractivity (Wildman–Crippen MR) is 129 cm³/mol. The Hall–Kier alpha value is -1.66. The van der Waals surface area contributed by atoms with Crippen LogP contribution in [0.25, 0.3) is 0 Å². The van der Waals surface area contributed by atoms with Gasteiger partial charge in [-0.15, -0.1) is 0 Å². The van der Waals surface area contributed by atoms with Gasteiger partial charge in [0.15, 0.2) is 12.4 Å². The van der Waals surface area contributed by atoms with Gasteiger partial charge in [0.1, 0.15) is 5.75 Å². The van der Waals surface area contributed by atoms with Crippen LogP contribution < -0.4 is 4.74 Å². The van der Waals surface area contributed by atoms with Crippen molar-refractivity contribution in [1.29, 1.82) is 0 Å². The van der Waals surface area contributed by atoms with Crippen LogP contribution in [0.2, 0.25) is 0 Å². The van der Waals surface area contributed by atoms with Gasteiger partial charge >= 0.3 is 5.97 Å². The molecule has 1 N–H and O–H groups in total. The van der Waals surface area contributed by atoms with E-state index in [4.69, 9.17) is 9.84 Å². The molecular formula is C25H28Br2O4. The van der Waals surface area contributed by atoms with Crippen molar-refractivity contribution in [2.24, 2.45) is 0 Å². The average molecular weight is 552 g/mol. The highest BCUT2D eigenvalue weighted by molar-refractivity contribution is 9.11. The molecular weight excluding hydrogens is 524 g/mol. The number of aryl methyl sites for hydroxylation is 1. The van der Waals surface area contributed by atoms with Crippen LogP contribution >= 0.6 is 31.9 Å². The lowest BCUT2D eigenvalue weighted by atomic mass is 9.63. The highest BCUT2D eigenvalue weighted by atomic mass is 79.9. The summed E-state index contributed by atoms with van der Waals surface area (Å²) in [5, 5.41) is 8.87. The molecule has 0 saturated carbocycles. The first-order valence-corrected chi connectivity index (χ1v) is 12.0. The van der Waals surface area contributed by atoms with Crippen LogP contribution in [0.5, 0.6) is 5.75 Å². The van der Waals surface area contributed by atoms with Gasteiger partial charge in [-0.2, -0.15) is 0 Å². The molecule has 0 radical (unpaired) electrons. The Kier molecular flexibility index (Phi) is 7.02. The number of carbonyl (C=O) groups excluding carboxylic acids is 1. The van der Waals surface area contributed by atoms with Gasteiger partial charge in [-0.05, 0) is 96.8 Å². The number of benzene rings is 2. The van der Waals surface area contributed by atoms with E-state index in [1.165, 1.54) is 11.1 Å². The molecule has 166 valence electrons. The summed E-state index contributed by atoms with van der Waals surface area (Å²) in [4.78, 5) is 23.7. The van der Waals surface area contributed by atoms with Gasteiger partial charge in [-0.3, -0.25) is 9.59 Å². The third-order valence-corrected chi connectivity index (χ3v) is 7.39. The molecule has 31 heavy (non-hydrogen) atoms. The molecule has 3 rings (SSSR count). The monoisotopic (exact) mass is 550 g/mol. The fourth-order valence-corrected chi connectivity index (χ4v) is 5.64. The lowest BCUT2D eigenvalue weighted by molar-refractivity contribution is -0.136. The molecule has 0 fully saturated rings. The van der Waals surface area contributed by atoms with Crippen LogP contribution in [0.1, 0.15) is 74.0 Å². The SMILES string of the molecule is CC1(C)CCC(C)(C)c2cc(C(=O)COc3c(Br)cc(CCC(=O)O)cc3Br)ccc21. The number of carboxylic acids is 1. The second-order valence-electron chi connectivity index (χ2n) is 9.52. The molecule has 0 saturated heterocycles. The second-order valence-corrected chi connectivity index (χ2v) is 11.2. The average Bonchev–Trinajstić information content (AvgIpc) is 2.69. The number of hydrogen-bond donors (Lipinski definition) is 1. The van der Waals surface area contributed by atoms with E-state index >= 15 is 0 Å².